The molecule has 0 amide bonds. The molecule has 0 aromatic carbocycles. The molecule has 0 aliphatic heterocycles. The van der Waals surface area contributed by atoms with Gasteiger partial charge >= 0.3 is 0 Å². The summed E-state index contributed by atoms with van der Waals surface area (Å²) in [6.45, 7) is 8.11. The summed E-state index contributed by atoms with van der Waals surface area (Å²) in [5.41, 5.74) is 8.35. The van der Waals surface area contributed by atoms with Crippen LogP contribution in [-0.4, -0.2) is 0 Å². The van der Waals surface area contributed by atoms with E-state index in [0.717, 1.165) is 17.9 Å². The number of furan rings is 1. The standard InChI is InChI=1S/C10H17NO/c1-5-9(11)10-6(2)7(3)12-8(10)4/h9H,5,11H2,1-4H3. The fourth-order valence-corrected chi connectivity index (χ4v) is 1.56. The molecule has 0 aliphatic carbocycles. The van der Waals surface area contributed by atoms with Crippen LogP contribution in [0, 0.1) is 20.8 Å². The zero-order chi connectivity index (χ0) is 9.30. The fraction of sp³-hybridized carbons (Fsp3) is 0.600. The first-order valence-electron chi connectivity index (χ1n) is 4.40. The van der Waals surface area contributed by atoms with Crippen LogP contribution in [-0.2, 0) is 0 Å². The van der Waals surface area contributed by atoms with E-state index < -0.39 is 0 Å². The van der Waals surface area contributed by atoms with Crippen molar-refractivity contribution < 1.29 is 4.42 Å². The maximum Gasteiger partial charge on any atom is 0.106 e. The molecule has 1 unspecified atom stereocenters. The molecule has 0 spiro atoms. The summed E-state index contributed by atoms with van der Waals surface area (Å²) in [5.74, 6) is 1.96. The monoisotopic (exact) mass is 167 g/mol. The van der Waals surface area contributed by atoms with Crippen molar-refractivity contribution in [1.82, 2.24) is 0 Å². The van der Waals surface area contributed by atoms with Crippen LogP contribution in [0.3, 0.4) is 0 Å². The second kappa shape index (κ2) is 3.31. The van der Waals surface area contributed by atoms with Gasteiger partial charge in [0.2, 0.25) is 0 Å². The summed E-state index contributed by atoms with van der Waals surface area (Å²) in [5, 5.41) is 0. The number of hydrogen-bond donors (Lipinski definition) is 1. The Hall–Kier alpha value is -0.760. The molecule has 2 heteroatoms. The van der Waals surface area contributed by atoms with Gasteiger partial charge in [-0.25, -0.2) is 0 Å². The molecule has 0 radical (unpaired) electrons. The van der Waals surface area contributed by atoms with Crippen molar-refractivity contribution in [2.75, 3.05) is 0 Å². The Morgan fingerprint density at radius 3 is 2.17 bits per heavy atom. The molecule has 1 atom stereocenters. The molecule has 0 fully saturated rings. The van der Waals surface area contributed by atoms with Crippen molar-refractivity contribution in [3.05, 3.63) is 22.6 Å². The van der Waals surface area contributed by atoms with Crippen molar-refractivity contribution in [2.24, 2.45) is 5.73 Å². The highest BCUT2D eigenvalue weighted by atomic mass is 16.3. The van der Waals surface area contributed by atoms with E-state index in [1.165, 1.54) is 11.1 Å². The highest BCUT2D eigenvalue weighted by Gasteiger charge is 2.15. The normalized spacial score (nSPS) is 13.4. The molecule has 12 heavy (non-hydrogen) atoms. The predicted molar refractivity (Wildman–Crippen MR) is 50.1 cm³/mol. The summed E-state index contributed by atoms with van der Waals surface area (Å²) in [6.07, 6.45) is 0.959. The Kier molecular flexibility index (Phi) is 2.58. The van der Waals surface area contributed by atoms with E-state index in [1.54, 1.807) is 0 Å². The first-order chi connectivity index (χ1) is 5.57. The zero-order valence-corrected chi connectivity index (χ0v) is 8.27. The summed E-state index contributed by atoms with van der Waals surface area (Å²) in [4.78, 5) is 0. The third-order valence-electron chi connectivity index (χ3n) is 2.43. The number of nitrogens with two attached hydrogens (primary N) is 1. The number of aryl methyl sites for hydroxylation is 2. The van der Waals surface area contributed by atoms with Crippen LogP contribution in [0.1, 0.15) is 42.0 Å². The first-order valence-corrected chi connectivity index (χ1v) is 4.40. The predicted octanol–water partition coefficient (Wildman–Crippen LogP) is 2.61. The molecule has 1 aromatic rings. The van der Waals surface area contributed by atoms with Crippen LogP contribution in [0.15, 0.2) is 4.42 Å². The molecule has 0 bridgehead atoms. The van der Waals surface area contributed by atoms with E-state index in [9.17, 15) is 0 Å². The van der Waals surface area contributed by atoms with Crippen molar-refractivity contribution in [3.8, 4) is 0 Å². The number of hydrogen-bond acceptors (Lipinski definition) is 2. The minimum Gasteiger partial charge on any atom is -0.466 e. The van der Waals surface area contributed by atoms with Gasteiger partial charge in [0.05, 0.1) is 0 Å². The molecule has 1 aromatic heterocycles. The van der Waals surface area contributed by atoms with Gasteiger partial charge in [0.1, 0.15) is 11.5 Å². The molecule has 2 nitrogen and oxygen atoms in total. The van der Waals surface area contributed by atoms with Crippen LogP contribution >= 0.6 is 0 Å². The van der Waals surface area contributed by atoms with Gasteiger partial charge in [0.25, 0.3) is 0 Å². The molecule has 2 N–H and O–H groups in total. The van der Waals surface area contributed by atoms with Crippen molar-refractivity contribution in [1.29, 1.82) is 0 Å². The van der Waals surface area contributed by atoms with Gasteiger partial charge in [-0.2, -0.15) is 0 Å². The van der Waals surface area contributed by atoms with E-state index in [2.05, 4.69) is 13.8 Å². The third-order valence-corrected chi connectivity index (χ3v) is 2.43. The largest absolute Gasteiger partial charge is 0.466 e. The molecule has 1 heterocycles. The Balaban J connectivity index is 3.13. The fourth-order valence-electron chi connectivity index (χ4n) is 1.56. The van der Waals surface area contributed by atoms with Gasteiger partial charge in [0, 0.05) is 11.6 Å². The van der Waals surface area contributed by atoms with Crippen molar-refractivity contribution >= 4 is 0 Å². The van der Waals surface area contributed by atoms with Gasteiger partial charge in [-0.05, 0) is 32.8 Å². The highest BCUT2D eigenvalue weighted by Crippen LogP contribution is 2.26. The van der Waals surface area contributed by atoms with E-state index in [0.29, 0.717) is 0 Å². The maximum atomic E-state index is 5.95. The molecular formula is C10H17NO. The minimum atomic E-state index is 0.127. The Labute approximate surface area is 73.8 Å². The van der Waals surface area contributed by atoms with Gasteiger partial charge in [-0.1, -0.05) is 6.92 Å². The quantitative estimate of drug-likeness (QED) is 0.735. The Bertz CT molecular complexity index is 276. The minimum absolute atomic E-state index is 0.127. The first kappa shape index (κ1) is 9.33. The smallest absolute Gasteiger partial charge is 0.106 e. The van der Waals surface area contributed by atoms with E-state index >= 15 is 0 Å². The SMILES string of the molecule is CCC(N)c1c(C)oc(C)c1C. The van der Waals surface area contributed by atoms with Crippen LogP contribution in [0.2, 0.25) is 0 Å². The Morgan fingerprint density at radius 2 is 1.83 bits per heavy atom. The summed E-state index contributed by atoms with van der Waals surface area (Å²) >= 11 is 0. The lowest BCUT2D eigenvalue weighted by Gasteiger charge is -2.08. The molecule has 1 rings (SSSR count). The van der Waals surface area contributed by atoms with Gasteiger partial charge in [-0.15, -0.1) is 0 Å². The third kappa shape index (κ3) is 1.39. The number of rotatable bonds is 2. The van der Waals surface area contributed by atoms with E-state index in [1.807, 2.05) is 13.8 Å². The van der Waals surface area contributed by atoms with Crippen LogP contribution in [0.4, 0.5) is 0 Å². The van der Waals surface area contributed by atoms with Gasteiger partial charge in [-0.3, -0.25) is 0 Å². The van der Waals surface area contributed by atoms with Gasteiger partial charge < -0.3 is 10.2 Å². The van der Waals surface area contributed by atoms with Gasteiger partial charge in [0.15, 0.2) is 0 Å². The maximum absolute atomic E-state index is 5.95. The molecule has 0 aliphatic rings. The summed E-state index contributed by atoms with van der Waals surface area (Å²) < 4.78 is 5.49. The summed E-state index contributed by atoms with van der Waals surface area (Å²) in [6, 6.07) is 0.127. The van der Waals surface area contributed by atoms with E-state index in [-0.39, 0.29) is 6.04 Å². The van der Waals surface area contributed by atoms with Crippen molar-refractivity contribution in [3.63, 3.8) is 0 Å². The second-order valence-electron chi connectivity index (χ2n) is 3.27. The van der Waals surface area contributed by atoms with Crippen LogP contribution in [0.5, 0.6) is 0 Å². The lowest BCUT2D eigenvalue weighted by Crippen LogP contribution is -2.10. The average Bonchev–Trinajstić information content (AvgIpc) is 2.26. The molecule has 0 saturated heterocycles. The van der Waals surface area contributed by atoms with Crippen molar-refractivity contribution in [2.45, 2.75) is 40.2 Å². The molecular weight excluding hydrogens is 150 g/mol. The summed E-state index contributed by atoms with van der Waals surface area (Å²) in [7, 11) is 0. The second-order valence-corrected chi connectivity index (χ2v) is 3.27. The van der Waals surface area contributed by atoms with Crippen LogP contribution in [0.25, 0.3) is 0 Å². The lowest BCUT2D eigenvalue weighted by molar-refractivity contribution is 0.495. The Morgan fingerprint density at radius 1 is 1.25 bits per heavy atom. The molecule has 68 valence electrons. The topological polar surface area (TPSA) is 39.2 Å². The average molecular weight is 167 g/mol. The van der Waals surface area contributed by atoms with Crippen LogP contribution < -0.4 is 5.73 Å². The highest BCUT2D eigenvalue weighted by molar-refractivity contribution is 5.33. The molecule has 0 saturated carbocycles. The zero-order valence-electron chi connectivity index (χ0n) is 8.27. The lowest BCUT2D eigenvalue weighted by atomic mass is 10.0. The van der Waals surface area contributed by atoms with E-state index in [4.69, 9.17) is 10.2 Å².